The molecule has 0 radical (unpaired) electrons. The largest absolute Gasteiger partial charge is 0.508 e. The zero-order valence-corrected chi connectivity index (χ0v) is 10.7. The summed E-state index contributed by atoms with van der Waals surface area (Å²) in [6.45, 7) is 1.83. The monoisotopic (exact) mass is 268 g/mol. The Labute approximate surface area is 115 Å². The van der Waals surface area contributed by atoms with Crippen LogP contribution in [0.5, 0.6) is 11.6 Å². The van der Waals surface area contributed by atoms with E-state index in [-0.39, 0.29) is 17.2 Å². The van der Waals surface area contributed by atoms with Crippen molar-refractivity contribution in [1.82, 2.24) is 10.2 Å². The van der Waals surface area contributed by atoms with E-state index in [1.807, 2.05) is 6.92 Å². The van der Waals surface area contributed by atoms with Gasteiger partial charge in [0.25, 0.3) is 0 Å². The van der Waals surface area contributed by atoms with Crippen molar-refractivity contribution in [2.24, 2.45) is 5.73 Å². The Morgan fingerprint density at radius 3 is 2.90 bits per heavy atom. The zero-order chi connectivity index (χ0) is 14.3. The van der Waals surface area contributed by atoms with Crippen molar-refractivity contribution in [1.29, 1.82) is 5.26 Å². The SMILES string of the molecule is Cc1[nH]nc2c1C(c1ccccc1O)C(C#N)=C(N)O2. The number of nitrogens with one attached hydrogen (secondary N) is 1. The molecule has 2 aromatic rings. The number of hydrogen-bond acceptors (Lipinski definition) is 5. The van der Waals surface area contributed by atoms with E-state index in [0.29, 0.717) is 11.4 Å². The summed E-state index contributed by atoms with van der Waals surface area (Å²) in [5.41, 5.74) is 8.15. The Morgan fingerprint density at radius 2 is 2.20 bits per heavy atom. The molecule has 1 aromatic carbocycles. The van der Waals surface area contributed by atoms with Crippen LogP contribution in [0.3, 0.4) is 0 Å². The first kappa shape index (κ1) is 12.1. The molecule has 0 saturated carbocycles. The minimum absolute atomic E-state index is 0.0137. The number of aromatic nitrogens is 2. The Balaban J connectivity index is 2.29. The second-order valence-corrected chi connectivity index (χ2v) is 4.55. The molecule has 0 spiro atoms. The van der Waals surface area contributed by atoms with Crippen LogP contribution >= 0.6 is 0 Å². The Bertz CT molecular complexity index is 755. The number of nitrogens with two attached hydrogens (primary N) is 1. The lowest BCUT2D eigenvalue weighted by Gasteiger charge is -2.24. The van der Waals surface area contributed by atoms with Crippen LogP contribution in [0.2, 0.25) is 0 Å². The highest BCUT2D eigenvalue weighted by atomic mass is 16.5. The summed E-state index contributed by atoms with van der Waals surface area (Å²) in [4.78, 5) is 0. The lowest BCUT2D eigenvalue weighted by molar-refractivity contribution is 0.377. The van der Waals surface area contributed by atoms with E-state index >= 15 is 0 Å². The molecular formula is C14H12N4O2. The molecule has 1 unspecified atom stereocenters. The summed E-state index contributed by atoms with van der Waals surface area (Å²) in [5, 5.41) is 26.3. The molecule has 0 bridgehead atoms. The number of nitriles is 1. The van der Waals surface area contributed by atoms with Crippen LogP contribution < -0.4 is 10.5 Å². The molecule has 4 N–H and O–H groups in total. The van der Waals surface area contributed by atoms with E-state index in [2.05, 4.69) is 16.3 Å². The maximum absolute atomic E-state index is 10.1. The van der Waals surface area contributed by atoms with Gasteiger partial charge < -0.3 is 15.6 Å². The minimum atomic E-state index is -0.483. The molecule has 0 aliphatic carbocycles. The summed E-state index contributed by atoms with van der Waals surface area (Å²) in [7, 11) is 0. The van der Waals surface area contributed by atoms with Gasteiger partial charge in [-0.1, -0.05) is 18.2 Å². The van der Waals surface area contributed by atoms with Gasteiger partial charge in [-0.15, -0.1) is 5.10 Å². The van der Waals surface area contributed by atoms with Gasteiger partial charge in [0.2, 0.25) is 11.8 Å². The van der Waals surface area contributed by atoms with Crippen molar-refractivity contribution >= 4 is 0 Å². The van der Waals surface area contributed by atoms with Crippen molar-refractivity contribution in [3.05, 3.63) is 52.5 Å². The van der Waals surface area contributed by atoms with Crippen LogP contribution in [0.1, 0.15) is 22.7 Å². The average molecular weight is 268 g/mol. The topological polar surface area (TPSA) is 108 Å². The first-order chi connectivity index (χ1) is 9.63. The number of allylic oxidation sites excluding steroid dienone is 1. The maximum atomic E-state index is 10.1. The van der Waals surface area contributed by atoms with Crippen LogP contribution in [0, 0.1) is 18.3 Å². The standard InChI is InChI=1S/C14H12N4O2/c1-7-11-12(8-4-2-3-5-10(8)19)9(6-15)13(16)20-14(11)18-17-7/h2-5,12,19H,16H2,1H3,(H,17,18). The first-order valence-corrected chi connectivity index (χ1v) is 6.03. The summed E-state index contributed by atoms with van der Waals surface area (Å²) in [6, 6.07) is 8.91. The van der Waals surface area contributed by atoms with Gasteiger partial charge in [-0.25, -0.2) is 0 Å². The number of H-pyrrole nitrogens is 1. The van der Waals surface area contributed by atoms with E-state index in [9.17, 15) is 10.4 Å². The normalized spacial score (nSPS) is 17.3. The number of hydrogen-bond donors (Lipinski definition) is 3. The molecule has 1 aliphatic heterocycles. The smallest absolute Gasteiger partial charge is 0.244 e. The number of aromatic amines is 1. The van der Waals surface area contributed by atoms with Gasteiger partial charge in [-0.3, -0.25) is 5.10 Å². The van der Waals surface area contributed by atoms with Gasteiger partial charge in [0.05, 0.1) is 5.92 Å². The van der Waals surface area contributed by atoms with E-state index in [1.165, 1.54) is 0 Å². The molecule has 100 valence electrons. The van der Waals surface area contributed by atoms with Crippen molar-refractivity contribution in [3.8, 4) is 17.7 Å². The van der Waals surface area contributed by atoms with Gasteiger partial charge in [0.1, 0.15) is 17.4 Å². The summed E-state index contributed by atoms with van der Waals surface area (Å²) < 4.78 is 5.36. The van der Waals surface area contributed by atoms with Crippen LogP contribution in [0.4, 0.5) is 0 Å². The fourth-order valence-electron chi connectivity index (χ4n) is 2.44. The van der Waals surface area contributed by atoms with Gasteiger partial charge in [0, 0.05) is 16.8 Å². The van der Waals surface area contributed by atoms with E-state index in [0.717, 1.165) is 11.3 Å². The predicted molar refractivity (Wildman–Crippen MR) is 70.7 cm³/mol. The molecular weight excluding hydrogens is 256 g/mol. The van der Waals surface area contributed by atoms with Crippen LogP contribution in [-0.2, 0) is 0 Å². The highest BCUT2D eigenvalue weighted by molar-refractivity contribution is 5.57. The molecule has 1 atom stereocenters. The van der Waals surface area contributed by atoms with Crippen LogP contribution in [-0.4, -0.2) is 15.3 Å². The Morgan fingerprint density at radius 1 is 1.45 bits per heavy atom. The van der Waals surface area contributed by atoms with Crippen molar-refractivity contribution < 1.29 is 9.84 Å². The quantitative estimate of drug-likeness (QED) is 0.728. The molecule has 20 heavy (non-hydrogen) atoms. The molecule has 1 aromatic heterocycles. The lowest BCUT2D eigenvalue weighted by Crippen LogP contribution is -2.21. The van der Waals surface area contributed by atoms with Crippen molar-refractivity contribution in [2.75, 3.05) is 0 Å². The number of phenolic OH excluding ortho intramolecular Hbond substituents is 1. The molecule has 0 fully saturated rings. The number of aryl methyl sites for hydroxylation is 1. The molecule has 6 nitrogen and oxygen atoms in total. The summed E-state index contributed by atoms with van der Waals surface area (Å²) in [5.74, 6) is -0.0257. The van der Waals surface area contributed by atoms with Crippen molar-refractivity contribution in [3.63, 3.8) is 0 Å². The highest BCUT2D eigenvalue weighted by Crippen LogP contribution is 2.44. The minimum Gasteiger partial charge on any atom is -0.508 e. The van der Waals surface area contributed by atoms with E-state index in [1.54, 1.807) is 24.3 Å². The number of fused-ring (bicyclic) bond motifs is 1. The number of nitrogens with zero attached hydrogens (tertiary/aromatic N) is 2. The number of aromatic hydroxyl groups is 1. The van der Waals surface area contributed by atoms with Gasteiger partial charge in [0.15, 0.2) is 0 Å². The number of ether oxygens (including phenoxy) is 1. The number of para-hydroxylation sites is 1. The number of rotatable bonds is 1. The average Bonchev–Trinajstić information content (AvgIpc) is 2.79. The zero-order valence-electron chi connectivity index (χ0n) is 10.7. The van der Waals surface area contributed by atoms with Crippen LogP contribution in [0.15, 0.2) is 35.7 Å². The molecule has 0 amide bonds. The van der Waals surface area contributed by atoms with E-state index in [4.69, 9.17) is 10.5 Å². The second-order valence-electron chi connectivity index (χ2n) is 4.55. The Hall–Kier alpha value is -2.94. The van der Waals surface area contributed by atoms with E-state index < -0.39 is 5.92 Å². The molecule has 3 rings (SSSR count). The first-order valence-electron chi connectivity index (χ1n) is 6.03. The molecule has 0 saturated heterocycles. The van der Waals surface area contributed by atoms with Gasteiger partial charge in [-0.05, 0) is 13.0 Å². The Kier molecular flexibility index (Phi) is 2.61. The van der Waals surface area contributed by atoms with Gasteiger partial charge >= 0.3 is 0 Å². The second kappa shape index (κ2) is 4.31. The molecule has 6 heteroatoms. The van der Waals surface area contributed by atoms with Crippen LogP contribution in [0.25, 0.3) is 0 Å². The third-order valence-corrected chi connectivity index (χ3v) is 3.38. The fourth-order valence-corrected chi connectivity index (χ4v) is 2.44. The number of phenols is 1. The third kappa shape index (κ3) is 1.61. The maximum Gasteiger partial charge on any atom is 0.244 e. The highest BCUT2D eigenvalue weighted by Gasteiger charge is 2.35. The predicted octanol–water partition coefficient (Wildman–Crippen LogP) is 1.64. The van der Waals surface area contributed by atoms with Gasteiger partial charge in [-0.2, -0.15) is 5.26 Å². The van der Waals surface area contributed by atoms with Crippen molar-refractivity contribution in [2.45, 2.75) is 12.8 Å². The number of benzene rings is 1. The summed E-state index contributed by atoms with van der Waals surface area (Å²) >= 11 is 0. The molecule has 1 aliphatic rings. The molecule has 2 heterocycles. The lowest BCUT2D eigenvalue weighted by atomic mass is 9.84. The summed E-state index contributed by atoms with van der Waals surface area (Å²) in [6.07, 6.45) is 0. The fraction of sp³-hybridized carbons (Fsp3) is 0.143. The third-order valence-electron chi connectivity index (χ3n) is 3.38.